The lowest BCUT2D eigenvalue weighted by atomic mass is 10.1. The Hall–Kier alpha value is -2.44. The van der Waals surface area contributed by atoms with E-state index in [0.717, 1.165) is 5.69 Å². The maximum atomic E-state index is 12.6. The first-order chi connectivity index (χ1) is 11.1. The Labute approximate surface area is 143 Å². The van der Waals surface area contributed by atoms with Gasteiger partial charge in [0, 0.05) is 19.8 Å². The third-order valence-electron chi connectivity index (χ3n) is 3.56. The first-order valence-electron chi connectivity index (χ1n) is 8.00. The van der Waals surface area contributed by atoms with E-state index in [0.29, 0.717) is 17.2 Å². The summed E-state index contributed by atoms with van der Waals surface area (Å²) in [6.07, 6.45) is 3.04. The molecule has 0 aliphatic carbocycles. The maximum Gasteiger partial charge on any atom is 0.276 e. The molecule has 2 aromatic heterocycles. The monoisotopic (exact) mass is 330 g/mol. The quantitative estimate of drug-likeness (QED) is 0.933. The number of anilines is 2. The lowest BCUT2D eigenvalue weighted by Gasteiger charge is -2.23. The zero-order valence-electron chi connectivity index (χ0n) is 15.5. The van der Waals surface area contributed by atoms with Gasteiger partial charge < -0.3 is 10.2 Å². The molecule has 0 bridgehead atoms. The molecule has 24 heavy (non-hydrogen) atoms. The zero-order chi connectivity index (χ0) is 18.1. The molecule has 0 aliphatic rings. The van der Waals surface area contributed by atoms with E-state index in [1.165, 1.54) is 6.33 Å². The molecule has 1 N–H and O–H groups in total. The summed E-state index contributed by atoms with van der Waals surface area (Å²) >= 11 is 0. The molecule has 7 heteroatoms. The van der Waals surface area contributed by atoms with E-state index in [1.807, 2.05) is 29.7 Å². The molecular formula is C17H26N6O. The topological polar surface area (TPSA) is 75.9 Å². The third-order valence-corrected chi connectivity index (χ3v) is 3.56. The van der Waals surface area contributed by atoms with Crippen LogP contribution in [0.25, 0.3) is 0 Å². The molecule has 1 amide bonds. The van der Waals surface area contributed by atoms with Crippen molar-refractivity contribution in [2.24, 2.45) is 0 Å². The summed E-state index contributed by atoms with van der Waals surface area (Å²) in [6.45, 7) is 10.4. The smallest absolute Gasteiger partial charge is 0.276 e. The number of rotatable bonds is 4. The van der Waals surface area contributed by atoms with Crippen LogP contribution in [0.15, 0.2) is 18.6 Å². The second-order valence-electron chi connectivity index (χ2n) is 7.30. The number of carbonyl (C=O) groups is 1. The summed E-state index contributed by atoms with van der Waals surface area (Å²) in [4.78, 5) is 22.6. The molecule has 0 unspecified atom stereocenters. The fraction of sp³-hybridized carbons (Fsp3) is 0.529. The van der Waals surface area contributed by atoms with Crippen LogP contribution in [0.1, 0.15) is 56.7 Å². The van der Waals surface area contributed by atoms with Crippen LogP contribution < -0.4 is 10.2 Å². The lowest BCUT2D eigenvalue weighted by Crippen LogP contribution is -2.26. The van der Waals surface area contributed by atoms with Crippen molar-refractivity contribution in [2.75, 3.05) is 24.3 Å². The van der Waals surface area contributed by atoms with Crippen molar-refractivity contribution in [3.63, 3.8) is 0 Å². The van der Waals surface area contributed by atoms with Crippen molar-refractivity contribution in [1.29, 1.82) is 0 Å². The van der Waals surface area contributed by atoms with E-state index in [9.17, 15) is 4.79 Å². The van der Waals surface area contributed by atoms with Gasteiger partial charge in [-0.3, -0.25) is 9.48 Å². The normalized spacial score (nSPS) is 11.7. The van der Waals surface area contributed by atoms with Gasteiger partial charge in [-0.2, -0.15) is 5.10 Å². The van der Waals surface area contributed by atoms with Gasteiger partial charge in [0.15, 0.2) is 11.5 Å². The third kappa shape index (κ3) is 3.72. The van der Waals surface area contributed by atoms with Crippen molar-refractivity contribution in [3.05, 3.63) is 30.0 Å². The molecule has 0 aliphatic heterocycles. The van der Waals surface area contributed by atoms with Crippen LogP contribution >= 0.6 is 0 Å². The molecule has 2 aromatic rings. The predicted octanol–water partition coefficient (Wildman–Crippen LogP) is 2.87. The molecule has 0 fully saturated rings. The number of hydrogen-bond acceptors (Lipinski definition) is 5. The minimum atomic E-state index is -0.266. The molecule has 2 rings (SSSR count). The summed E-state index contributed by atoms with van der Waals surface area (Å²) < 4.78 is 1.92. The highest BCUT2D eigenvalue weighted by molar-refractivity contribution is 6.04. The highest BCUT2D eigenvalue weighted by Crippen LogP contribution is 2.25. The second-order valence-corrected chi connectivity index (χ2v) is 7.30. The van der Waals surface area contributed by atoms with Crippen LogP contribution in [0.3, 0.4) is 0 Å². The molecule has 2 heterocycles. The lowest BCUT2D eigenvalue weighted by molar-refractivity contribution is 0.102. The number of nitrogens with zero attached hydrogens (tertiary/aromatic N) is 5. The van der Waals surface area contributed by atoms with Crippen LogP contribution in [-0.4, -0.2) is 39.8 Å². The first-order valence-corrected chi connectivity index (χ1v) is 8.00. The van der Waals surface area contributed by atoms with E-state index in [1.54, 1.807) is 6.20 Å². The van der Waals surface area contributed by atoms with Crippen molar-refractivity contribution < 1.29 is 4.79 Å². The molecule has 7 nitrogen and oxygen atoms in total. The number of amides is 1. The Balaban J connectivity index is 2.35. The van der Waals surface area contributed by atoms with Gasteiger partial charge in [-0.05, 0) is 32.8 Å². The Bertz CT molecular complexity index is 727. The summed E-state index contributed by atoms with van der Waals surface area (Å²) in [5, 5.41) is 7.38. The van der Waals surface area contributed by atoms with Gasteiger partial charge >= 0.3 is 0 Å². The standard InChI is InChI=1S/C17H26N6O/c1-11(2)14-8-12(21-23(14)17(3,4)5)16(24)20-13-9-18-10-19-15(13)22(6)7/h8-11H,1-7H3,(H,20,24). The number of nitrogens with one attached hydrogen (secondary N) is 1. The average Bonchev–Trinajstić information content (AvgIpc) is 2.93. The Morgan fingerprint density at radius 3 is 2.46 bits per heavy atom. The molecular weight excluding hydrogens is 304 g/mol. The summed E-state index contributed by atoms with van der Waals surface area (Å²) in [5.41, 5.74) is 1.79. The SMILES string of the molecule is CC(C)c1cc(C(=O)Nc2cncnc2N(C)C)nn1C(C)(C)C. The van der Waals surface area contributed by atoms with Gasteiger partial charge in [-0.1, -0.05) is 13.8 Å². The van der Waals surface area contributed by atoms with E-state index >= 15 is 0 Å². The molecule has 0 atom stereocenters. The molecule has 0 saturated heterocycles. The van der Waals surface area contributed by atoms with E-state index in [2.05, 4.69) is 55.0 Å². The number of aromatic nitrogens is 4. The summed E-state index contributed by atoms with van der Waals surface area (Å²) in [6, 6.07) is 1.85. The molecule has 0 spiro atoms. The van der Waals surface area contributed by atoms with Crippen LogP contribution in [-0.2, 0) is 5.54 Å². The summed E-state index contributed by atoms with van der Waals surface area (Å²) in [7, 11) is 3.73. The van der Waals surface area contributed by atoms with Crippen molar-refractivity contribution >= 4 is 17.4 Å². The fourth-order valence-electron chi connectivity index (χ4n) is 2.41. The van der Waals surface area contributed by atoms with Crippen molar-refractivity contribution in [3.8, 4) is 0 Å². The Kier molecular flexibility index (Phi) is 4.91. The molecule has 0 aromatic carbocycles. The van der Waals surface area contributed by atoms with E-state index < -0.39 is 0 Å². The highest BCUT2D eigenvalue weighted by atomic mass is 16.2. The van der Waals surface area contributed by atoms with Crippen LogP contribution in [0.4, 0.5) is 11.5 Å². The number of hydrogen-bond donors (Lipinski definition) is 1. The van der Waals surface area contributed by atoms with E-state index in [-0.39, 0.29) is 17.4 Å². The largest absolute Gasteiger partial charge is 0.361 e. The minimum Gasteiger partial charge on any atom is -0.361 e. The van der Waals surface area contributed by atoms with Gasteiger partial charge in [-0.15, -0.1) is 0 Å². The van der Waals surface area contributed by atoms with Crippen molar-refractivity contribution in [2.45, 2.75) is 46.1 Å². The Morgan fingerprint density at radius 1 is 1.29 bits per heavy atom. The molecule has 130 valence electrons. The van der Waals surface area contributed by atoms with Crippen molar-refractivity contribution in [1.82, 2.24) is 19.7 Å². The average molecular weight is 330 g/mol. The molecule has 0 saturated carbocycles. The van der Waals surface area contributed by atoms with Crippen LogP contribution in [0.2, 0.25) is 0 Å². The number of carbonyl (C=O) groups excluding carboxylic acids is 1. The highest BCUT2D eigenvalue weighted by Gasteiger charge is 2.24. The minimum absolute atomic E-state index is 0.192. The van der Waals surface area contributed by atoms with Gasteiger partial charge in [0.25, 0.3) is 5.91 Å². The van der Waals surface area contributed by atoms with Gasteiger partial charge in [0.05, 0.1) is 11.7 Å². The summed E-state index contributed by atoms with van der Waals surface area (Å²) in [5.74, 6) is 0.658. The van der Waals surface area contributed by atoms with Gasteiger partial charge in [0.2, 0.25) is 0 Å². The first kappa shape index (κ1) is 17.9. The Morgan fingerprint density at radius 2 is 1.96 bits per heavy atom. The van der Waals surface area contributed by atoms with E-state index in [4.69, 9.17) is 0 Å². The predicted molar refractivity (Wildman–Crippen MR) is 95.6 cm³/mol. The zero-order valence-corrected chi connectivity index (χ0v) is 15.5. The second kappa shape index (κ2) is 6.59. The van der Waals surface area contributed by atoms with Crippen LogP contribution in [0.5, 0.6) is 0 Å². The van der Waals surface area contributed by atoms with Crippen LogP contribution in [0, 0.1) is 0 Å². The molecule has 0 radical (unpaired) electrons. The van der Waals surface area contributed by atoms with Gasteiger partial charge in [-0.25, -0.2) is 9.97 Å². The van der Waals surface area contributed by atoms with Gasteiger partial charge in [0.1, 0.15) is 12.0 Å². The fourth-order valence-corrected chi connectivity index (χ4v) is 2.41. The maximum absolute atomic E-state index is 12.6.